The molecule has 6 heteroatoms. The van der Waals surface area contributed by atoms with Gasteiger partial charge in [0.05, 0.1) is 12.0 Å². The number of hydrogen-bond acceptors (Lipinski definition) is 4. The Kier molecular flexibility index (Phi) is 2.68. The maximum atomic E-state index is 11.9. The predicted octanol–water partition coefficient (Wildman–Crippen LogP) is -0.268. The highest BCUT2D eigenvalue weighted by Crippen LogP contribution is 2.25. The van der Waals surface area contributed by atoms with Crippen LogP contribution in [0, 0.1) is 5.41 Å². The Morgan fingerprint density at radius 2 is 2.47 bits per heavy atom. The van der Waals surface area contributed by atoms with Crippen LogP contribution < -0.4 is 10.6 Å². The lowest BCUT2D eigenvalue weighted by molar-refractivity contribution is -0.129. The summed E-state index contributed by atoms with van der Waals surface area (Å²) in [6.07, 6.45) is 0.261. The zero-order valence-corrected chi connectivity index (χ0v) is 9.32. The number of rotatable bonds is 1. The van der Waals surface area contributed by atoms with E-state index in [9.17, 15) is 9.59 Å². The average Bonchev–Trinajstić information content (AvgIpc) is 2.77. The Morgan fingerprint density at radius 3 is 3.00 bits per heavy atom. The SMILES string of the molecule is CC1(C(=O)NC2=NCCS2)CNC(=O)C1. The highest BCUT2D eigenvalue weighted by atomic mass is 32.2. The highest BCUT2D eigenvalue weighted by Gasteiger charge is 2.41. The van der Waals surface area contributed by atoms with Gasteiger partial charge in [0.2, 0.25) is 11.8 Å². The van der Waals surface area contributed by atoms with Gasteiger partial charge in [-0.1, -0.05) is 11.8 Å². The summed E-state index contributed by atoms with van der Waals surface area (Å²) < 4.78 is 0. The summed E-state index contributed by atoms with van der Waals surface area (Å²) in [4.78, 5) is 27.1. The van der Waals surface area contributed by atoms with Crippen LogP contribution in [-0.4, -0.2) is 35.8 Å². The van der Waals surface area contributed by atoms with E-state index in [1.807, 2.05) is 0 Å². The molecule has 0 aromatic rings. The molecule has 0 saturated carbocycles. The maximum absolute atomic E-state index is 11.9. The Balaban J connectivity index is 1.98. The molecule has 2 rings (SSSR count). The summed E-state index contributed by atoms with van der Waals surface area (Å²) in [6, 6.07) is 0. The van der Waals surface area contributed by atoms with E-state index in [1.54, 1.807) is 18.7 Å². The summed E-state index contributed by atoms with van der Waals surface area (Å²) in [7, 11) is 0. The van der Waals surface area contributed by atoms with E-state index in [0.29, 0.717) is 11.7 Å². The summed E-state index contributed by atoms with van der Waals surface area (Å²) in [5.41, 5.74) is -0.622. The fourth-order valence-corrected chi connectivity index (χ4v) is 2.32. The van der Waals surface area contributed by atoms with E-state index in [1.165, 1.54) is 0 Å². The molecule has 0 radical (unpaired) electrons. The second-order valence-electron chi connectivity index (χ2n) is 4.00. The zero-order valence-electron chi connectivity index (χ0n) is 8.50. The molecule has 0 aromatic heterocycles. The molecule has 82 valence electrons. The van der Waals surface area contributed by atoms with Crippen LogP contribution in [0.1, 0.15) is 13.3 Å². The molecule has 5 nitrogen and oxygen atoms in total. The summed E-state index contributed by atoms with van der Waals surface area (Å²) in [5, 5.41) is 6.11. The first-order valence-electron chi connectivity index (χ1n) is 4.86. The smallest absolute Gasteiger partial charge is 0.234 e. The van der Waals surface area contributed by atoms with Gasteiger partial charge in [-0.25, -0.2) is 0 Å². The lowest BCUT2D eigenvalue weighted by Crippen LogP contribution is -2.42. The van der Waals surface area contributed by atoms with Crippen molar-refractivity contribution in [1.82, 2.24) is 10.6 Å². The number of amides is 2. The van der Waals surface area contributed by atoms with Gasteiger partial charge in [-0.15, -0.1) is 0 Å². The van der Waals surface area contributed by atoms with Crippen molar-refractivity contribution in [3.05, 3.63) is 0 Å². The molecule has 0 spiro atoms. The Hall–Kier alpha value is -1.04. The minimum atomic E-state index is -0.622. The monoisotopic (exact) mass is 227 g/mol. The molecule has 15 heavy (non-hydrogen) atoms. The van der Waals surface area contributed by atoms with Crippen LogP contribution in [0.25, 0.3) is 0 Å². The van der Waals surface area contributed by atoms with E-state index in [0.717, 1.165) is 12.3 Å². The minimum Gasteiger partial charge on any atom is -0.355 e. The van der Waals surface area contributed by atoms with Crippen molar-refractivity contribution in [2.45, 2.75) is 13.3 Å². The van der Waals surface area contributed by atoms with Gasteiger partial charge in [-0.3, -0.25) is 14.6 Å². The van der Waals surface area contributed by atoms with Gasteiger partial charge in [0.15, 0.2) is 5.17 Å². The second kappa shape index (κ2) is 3.84. The van der Waals surface area contributed by atoms with E-state index in [4.69, 9.17) is 0 Å². The summed E-state index contributed by atoms with van der Waals surface area (Å²) in [6.45, 7) is 2.96. The van der Waals surface area contributed by atoms with Gasteiger partial charge in [0, 0.05) is 18.7 Å². The van der Waals surface area contributed by atoms with Gasteiger partial charge in [-0.05, 0) is 6.92 Å². The van der Waals surface area contributed by atoms with E-state index >= 15 is 0 Å². The molecule has 1 atom stereocenters. The Bertz CT molecular complexity index is 342. The standard InChI is InChI=1S/C9H13N3O2S/c1-9(4-6(13)11-5-9)7(14)12-8-10-2-3-15-8/h2-5H2,1H3,(H,11,13)(H,10,12,14). The number of amidine groups is 1. The van der Waals surface area contributed by atoms with Crippen LogP contribution >= 0.6 is 11.8 Å². The summed E-state index contributed by atoms with van der Waals surface area (Å²) in [5.74, 6) is 0.742. The van der Waals surface area contributed by atoms with Crippen molar-refractivity contribution in [3.63, 3.8) is 0 Å². The second-order valence-corrected chi connectivity index (χ2v) is 5.09. The molecular formula is C9H13N3O2S. The van der Waals surface area contributed by atoms with Gasteiger partial charge in [0.25, 0.3) is 0 Å². The Morgan fingerprint density at radius 1 is 1.67 bits per heavy atom. The zero-order chi connectivity index (χ0) is 10.9. The molecular weight excluding hydrogens is 214 g/mol. The largest absolute Gasteiger partial charge is 0.355 e. The first-order chi connectivity index (χ1) is 7.10. The normalized spacial score (nSPS) is 29.9. The minimum absolute atomic E-state index is 0.0614. The van der Waals surface area contributed by atoms with Crippen LogP contribution in [0.4, 0.5) is 0 Å². The third-order valence-electron chi connectivity index (χ3n) is 2.58. The van der Waals surface area contributed by atoms with Crippen molar-refractivity contribution in [3.8, 4) is 0 Å². The van der Waals surface area contributed by atoms with Crippen molar-refractivity contribution < 1.29 is 9.59 Å². The van der Waals surface area contributed by atoms with Gasteiger partial charge >= 0.3 is 0 Å². The predicted molar refractivity (Wildman–Crippen MR) is 58.6 cm³/mol. The molecule has 2 amide bonds. The molecule has 2 heterocycles. The number of thioether (sulfide) groups is 1. The average molecular weight is 227 g/mol. The number of nitrogens with zero attached hydrogens (tertiary/aromatic N) is 1. The molecule has 0 aliphatic carbocycles. The van der Waals surface area contributed by atoms with Crippen molar-refractivity contribution in [2.24, 2.45) is 10.4 Å². The van der Waals surface area contributed by atoms with Crippen LogP contribution in [-0.2, 0) is 9.59 Å². The molecule has 1 unspecified atom stereocenters. The number of hydrogen-bond donors (Lipinski definition) is 2. The topological polar surface area (TPSA) is 70.6 Å². The number of aliphatic imine (C=N–C) groups is 1. The molecule has 2 N–H and O–H groups in total. The first kappa shape index (κ1) is 10.5. The van der Waals surface area contributed by atoms with Crippen molar-refractivity contribution >= 4 is 28.7 Å². The third-order valence-corrected chi connectivity index (χ3v) is 3.47. The van der Waals surface area contributed by atoms with Gasteiger partial charge in [-0.2, -0.15) is 0 Å². The van der Waals surface area contributed by atoms with E-state index in [2.05, 4.69) is 15.6 Å². The number of carbonyl (C=O) groups excluding carboxylic acids is 2. The third kappa shape index (κ3) is 2.14. The van der Waals surface area contributed by atoms with E-state index < -0.39 is 5.41 Å². The van der Waals surface area contributed by atoms with Crippen molar-refractivity contribution in [2.75, 3.05) is 18.8 Å². The lowest BCUT2D eigenvalue weighted by atomic mass is 9.89. The van der Waals surface area contributed by atoms with Crippen LogP contribution in [0.3, 0.4) is 0 Å². The molecule has 1 fully saturated rings. The quantitative estimate of drug-likeness (QED) is 0.648. The summed E-state index contributed by atoms with van der Waals surface area (Å²) >= 11 is 1.54. The highest BCUT2D eigenvalue weighted by molar-refractivity contribution is 8.14. The first-order valence-corrected chi connectivity index (χ1v) is 5.84. The molecule has 2 aliphatic heterocycles. The van der Waals surface area contributed by atoms with Crippen LogP contribution in [0.5, 0.6) is 0 Å². The van der Waals surface area contributed by atoms with Crippen molar-refractivity contribution in [1.29, 1.82) is 0 Å². The molecule has 1 saturated heterocycles. The molecule has 2 aliphatic rings. The van der Waals surface area contributed by atoms with E-state index in [-0.39, 0.29) is 18.2 Å². The van der Waals surface area contributed by atoms with Crippen LogP contribution in [0.2, 0.25) is 0 Å². The Labute approximate surface area is 92.1 Å². The van der Waals surface area contributed by atoms with Crippen LogP contribution in [0.15, 0.2) is 4.99 Å². The number of nitrogens with one attached hydrogen (secondary N) is 2. The fourth-order valence-electron chi connectivity index (χ4n) is 1.59. The van der Waals surface area contributed by atoms with Gasteiger partial charge in [0.1, 0.15) is 0 Å². The molecule has 0 aromatic carbocycles. The van der Waals surface area contributed by atoms with Gasteiger partial charge < -0.3 is 10.6 Å². The fraction of sp³-hybridized carbons (Fsp3) is 0.667. The lowest BCUT2D eigenvalue weighted by Gasteiger charge is -2.19. The molecule has 0 bridgehead atoms. The maximum Gasteiger partial charge on any atom is 0.234 e. The number of carbonyl (C=O) groups is 2.